The van der Waals surface area contributed by atoms with Crippen LogP contribution < -0.4 is 5.32 Å². The average Bonchev–Trinajstić information content (AvgIpc) is 2.36. The summed E-state index contributed by atoms with van der Waals surface area (Å²) >= 11 is 0. The van der Waals surface area contributed by atoms with Crippen molar-refractivity contribution in [3.8, 4) is 0 Å². The molecule has 0 heterocycles. The van der Waals surface area contributed by atoms with Gasteiger partial charge < -0.3 is 10.1 Å². The third kappa shape index (κ3) is 4.79. The molecule has 0 bridgehead atoms. The Morgan fingerprint density at radius 3 is 2.61 bits per heavy atom. The molecule has 0 atom stereocenters. The van der Waals surface area contributed by atoms with Crippen LogP contribution in [0.25, 0.3) is 0 Å². The highest BCUT2D eigenvalue weighted by molar-refractivity contribution is 5.69. The van der Waals surface area contributed by atoms with Gasteiger partial charge in [0.2, 0.25) is 0 Å². The van der Waals surface area contributed by atoms with Crippen LogP contribution >= 0.6 is 0 Å². The lowest BCUT2D eigenvalue weighted by atomic mass is 10.1. The molecule has 100 valence electrons. The van der Waals surface area contributed by atoms with E-state index in [-0.39, 0.29) is 24.5 Å². The van der Waals surface area contributed by atoms with Gasteiger partial charge in [0.15, 0.2) is 0 Å². The van der Waals surface area contributed by atoms with E-state index < -0.39 is 12.5 Å². The minimum Gasteiger partial charge on any atom is -0.466 e. The van der Waals surface area contributed by atoms with Gasteiger partial charge in [0.25, 0.3) is 5.92 Å². The maximum atomic E-state index is 13.6. The highest BCUT2D eigenvalue weighted by Crippen LogP contribution is 2.26. The maximum absolute atomic E-state index is 13.6. The smallest absolute Gasteiger partial charge is 0.307 e. The van der Waals surface area contributed by atoms with Crippen LogP contribution in [0.15, 0.2) is 30.3 Å². The quantitative estimate of drug-likeness (QED) is 0.602. The summed E-state index contributed by atoms with van der Waals surface area (Å²) in [5.41, 5.74) is -0.0337. The molecule has 0 unspecified atom stereocenters. The number of benzene rings is 1. The Bertz CT molecular complexity index is 369. The first-order chi connectivity index (χ1) is 8.56. The molecular formula is C13H17F2NO2. The standard InChI is InChI=1S/C13H17F2NO2/c1-2-18-12(17)8-9-16-10-13(14,15)11-6-4-3-5-7-11/h3-7,16H,2,8-10H2,1H3. The van der Waals surface area contributed by atoms with Crippen molar-refractivity contribution in [2.24, 2.45) is 0 Å². The molecule has 1 aromatic rings. The van der Waals surface area contributed by atoms with E-state index in [1.807, 2.05) is 0 Å². The molecular weight excluding hydrogens is 240 g/mol. The molecule has 0 amide bonds. The van der Waals surface area contributed by atoms with Gasteiger partial charge in [-0.2, -0.15) is 8.78 Å². The highest BCUT2D eigenvalue weighted by Gasteiger charge is 2.30. The summed E-state index contributed by atoms with van der Waals surface area (Å²) in [7, 11) is 0. The first-order valence-corrected chi connectivity index (χ1v) is 5.86. The Balaban J connectivity index is 2.32. The highest BCUT2D eigenvalue weighted by atomic mass is 19.3. The van der Waals surface area contributed by atoms with E-state index in [4.69, 9.17) is 4.74 Å². The van der Waals surface area contributed by atoms with Crippen LogP contribution in [-0.4, -0.2) is 25.7 Å². The fraction of sp³-hybridized carbons (Fsp3) is 0.462. The van der Waals surface area contributed by atoms with Gasteiger partial charge in [0, 0.05) is 12.1 Å². The van der Waals surface area contributed by atoms with Crippen molar-refractivity contribution in [3.05, 3.63) is 35.9 Å². The fourth-order valence-corrected chi connectivity index (χ4v) is 1.45. The predicted octanol–water partition coefficient (Wildman–Crippen LogP) is 2.32. The Hall–Kier alpha value is -1.49. The number of carbonyl (C=O) groups is 1. The normalized spacial score (nSPS) is 11.3. The van der Waals surface area contributed by atoms with E-state index in [1.54, 1.807) is 25.1 Å². The number of carbonyl (C=O) groups excluding carboxylic acids is 1. The third-order valence-corrected chi connectivity index (χ3v) is 2.35. The van der Waals surface area contributed by atoms with Crippen LogP contribution in [0.1, 0.15) is 18.9 Å². The zero-order chi connectivity index (χ0) is 13.4. The van der Waals surface area contributed by atoms with E-state index >= 15 is 0 Å². The lowest BCUT2D eigenvalue weighted by Gasteiger charge is -2.17. The van der Waals surface area contributed by atoms with E-state index in [1.165, 1.54) is 12.1 Å². The Morgan fingerprint density at radius 1 is 1.33 bits per heavy atom. The molecule has 18 heavy (non-hydrogen) atoms. The van der Waals surface area contributed by atoms with Crippen molar-refractivity contribution in [1.82, 2.24) is 5.32 Å². The number of halogens is 2. The van der Waals surface area contributed by atoms with E-state index in [0.717, 1.165) is 0 Å². The monoisotopic (exact) mass is 257 g/mol. The van der Waals surface area contributed by atoms with Gasteiger partial charge in [-0.05, 0) is 6.92 Å². The molecule has 0 aliphatic heterocycles. The number of esters is 1. The Morgan fingerprint density at radius 2 is 2.00 bits per heavy atom. The second-order valence-corrected chi connectivity index (χ2v) is 3.80. The predicted molar refractivity (Wildman–Crippen MR) is 64.5 cm³/mol. The zero-order valence-corrected chi connectivity index (χ0v) is 10.3. The molecule has 0 radical (unpaired) electrons. The summed E-state index contributed by atoms with van der Waals surface area (Å²) in [5.74, 6) is -3.32. The molecule has 0 aliphatic carbocycles. The summed E-state index contributed by atoms with van der Waals surface area (Å²) in [5, 5.41) is 2.56. The molecule has 5 heteroatoms. The number of ether oxygens (including phenoxy) is 1. The molecule has 3 nitrogen and oxygen atoms in total. The number of hydrogen-bond acceptors (Lipinski definition) is 3. The zero-order valence-electron chi connectivity index (χ0n) is 10.3. The van der Waals surface area contributed by atoms with E-state index in [2.05, 4.69) is 5.32 Å². The number of nitrogens with one attached hydrogen (secondary N) is 1. The molecule has 0 aliphatic rings. The summed E-state index contributed by atoms with van der Waals surface area (Å²) in [6.45, 7) is 1.70. The van der Waals surface area contributed by atoms with Gasteiger partial charge in [0.1, 0.15) is 0 Å². The molecule has 1 N–H and O–H groups in total. The first kappa shape index (κ1) is 14.6. The second kappa shape index (κ2) is 7.06. The number of hydrogen-bond donors (Lipinski definition) is 1. The molecule has 0 aromatic heterocycles. The fourth-order valence-electron chi connectivity index (χ4n) is 1.45. The summed E-state index contributed by atoms with van der Waals surface area (Å²) in [4.78, 5) is 11.0. The van der Waals surface area contributed by atoms with Gasteiger partial charge in [-0.15, -0.1) is 0 Å². The van der Waals surface area contributed by atoms with Gasteiger partial charge in [-0.25, -0.2) is 0 Å². The molecule has 0 spiro atoms. The van der Waals surface area contributed by atoms with Crippen LogP contribution in [0, 0.1) is 0 Å². The minimum absolute atomic E-state index is 0.0337. The van der Waals surface area contributed by atoms with Crippen molar-refractivity contribution < 1.29 is 18.3 Å². The summed E-state index contributed by atoms with van der Waals surface area (Å²) in [6.07, 6.45) is 0.0959. The van der Waals surface area contributed by atoms with Gasteiger partial charge in [0.05, 0.1) is 19.6 Å². The summed E-state index contributed by atoms with van der Waals surface area (Å²) < 4.78 is 32.0. The van der Waals surface area contributed by atoms with Crippen molar-refractivity contribution in [2.45, 2.75) is 19.3 Å². The van der Waals surface area contributed by atoms with Crippen molar-refractivity contribution >= 4 is 5.97 Å². The lowest BCUT2D eigenvalue weighted by Crippen LogP contribution is -2.32. The van der Waals surface area contributed by atoms with Gasteiger partial charge >= 0.3 is 5.97 Å². The maximum Gasteiger partial charge on any atom is 0.307 e. The molecule has 0 fully saturated rings. The molecule has 1 aromatic carbocycles. The van der Waals surface area contributed by atoms with Crippen molar-refractivity contribution in [2.75, 3.05) is 19.7 Å². The van der Waals surface area contributed by atoms with E-state index in [9.17, 15) is 13.6 Å². The molecule has 0 saturated carbocycles. The summed E-state index contributed by atoms with van der Waals surface area (Å²) in [6, 6.07) is 7.59. The van der Waals surface area contributed by atoms with Gasteiger partial charge in [-0.3, -0.25) is 4.79 Å². The molecule has 0 saturated heterocycles. The van der Waals surface area contributed by atoms with Crippen LogP contribution in [0.4, 0.5) is 8.78 Å². The second-order valence-electron chi connectivity index (χ2n) is 3.80. The first-order valence-electron chi connectivity index (χ1n) is 5.86. The van der Waals surface area contributed by atoms with E-state index in [0.29, 0.717) is 6.61 Å². The van der Waals surface area contributed by atoms with Crippen LogP contribution in [-0.2, 0) is 15.5 Å². The van der Waals surface area contributed by atoms with Crippen molar-refractivity contribution in [1.29, 1.82) is 0 Å². The number of rotatable bonds is 7. The largest absolute Gasteiger partial charge is 0.466 e. The topological polar surface area (TPSA) is 38.3 Å². The SMILES string of the molecule is CCOC(=O)CCNCC(F)(F)c1ccccc1. The number of alkyl halides is 2. The Kier molecular flexibility index (Phi) is 5.71. The molecule has 1 rings (SSSR count). The average molecular weight is 257 g/mol. The van der Waals surface area contributed by atoms with Gasteiger partial charge in [-0.1, -0.05) is 30.3 Å². The lowest BCUT2D eigenvalue weighted by molar-refractivity contribution is -0.143. The Labute approximate surface area is 105 Å². The van der Waals surface area contributed by atoms with Crippen molar-refractivity contribution in [3.63, 3.8) is 0 Å². The van der Waals surface area contributed by atoms with Crippen LogP contribution in [0.2, 0.25) is 0 Å². The minimum atomic E-state index is -2.93. The third-order valence-electron chi connectivity index (χ3n) is 2.35. The van der Waals surface area contributed by atoms with Crippen LogP contribution in [0.5, 0.6) is 0 Å². The van der Waals surface area contributed by atoms with Crippen LogP contribution in [0.3, 0.4) is 0 Å².